The van der Waals surface area contributed by atoms with E-state index in [1.807, 2.05) is 7.05 Å². The van der Waals surface area contributed by atoms with Crippen LogP contribution in [0.5, 0.6) is 0 Å². The van der Waals surface area contributed by atoms with E-state index in [4.69, 9.17) is 5.73 Å². The number of hydrogen-bond donors (Lipinski definition) is 2. The van der Waals surface area contributed by atoms with Crippen molar-refractivity contribution < 1.29 is 0 Å². The van der Waals surface area contributed by atoms with Gasteiger partial charge in [0.2, 0.25) is 0 Å². The lowest BCUT2D eigenvalue weighted by molar-refractivity contribution is 0.377. The van der Waals surface area contributed by atoms with E-state index in [2.05, 4.69) is 45.1 Å². The summed E-state index contributed by atoms with van der Waals surface area (Å²) in [5.41, 5.74) is 11.4. The summed E-state index contributed by atoms with van der Waals surface area (Å²) in [6.45, 7) is 9.47. The first-order valence-electron chi connectivity index (χ1n) is 6.50. The summed E-state index contributed by atoms with van der Waals surface area (Å²) in [7, 11) is 2.03. The Balaban J connectivity index is 3.15. The Hall–Kier alpha value is -0.860. The van der Waals surface area contributed by atoms with E-state index in [0.717, 1.165) is 13.0 Å². The Morgan fingerprint density at radius 3 is 2.18 bits per heavy atom. The second kappa shape index (κ2) is 6.18. The largest absolute Gasteiger partial charge is 0.330 e. The maximum Gasteiger partial charge on any atom is 0.0360 e. The van der Waals surface area contributed by atoms with Crippen molar-refractivity contribution in [2.75, 3.05) is 13.6 Å². The number of hydrogen-bond acceptors (Lipinski definition) is 2. The van der Waals surface area contributed by atoms with Gasteiger partial charge < -0.3 is 11.1 Å². The predicted octanol–water partition coefficient (Wildman–Crippen LogP) is 2.86. The summed E-state index contributed by atoms with van der Waals surface area (Å²) in [4.78, 5) is 0. The number of nitrogens with one attached hydrogen (secondary N) is 1. The van der Waals surface area contributed by atoms with Crippen LogP contribution in [0.3, 0.4) is 0 Å². The molecule has 2 heteroatoms. The lowest BCUT2D eigenvalue weighted by atomic mass is 9.87. The zero-order chi connectivity index (χ0) is 13.0. The Bertz CT molecular complexity index is 367. The third-order valence-corrected chi connectivity index (χ3v) is 3.83. The van der Waals surface area contributed by atoms with Gasteiger partial charge in [-0.3, -0.25) is 0 Å². The third-order valence-electron chi connectivity index (χ3n) is 3.83. The molecule has 0 aliphatic carbocycles. The molecular formula is C15H26N2. The molecule has 0 spiro atoms. The van der Waals surface area contributed by atoms with Gasteiger partial charge in [-0.25, -0.2) is 0 Å². The molecule has 0 aromatic heterocycles. The zero-order valence-electron chi connectivity index (χ0n) is 11.8. The fraction of sp³-hybridized carbons (Fsp3) is 0.600. The summed E-state index contributed by atoms with van der Waals surface area (Å²) >= 11 is 0. The molecule has 0 radical (unpaired) electrons. The molecule has 0 bridgehead atoms. The highest BCUT2D eigenvalue weighted by Crippen LogP contribution is 2.28. The molecule has 0 fully saturated rings. The quantitative estimate of drug-likeness (QED) is 0.822. The van der Waals surface area contributed by atoms with Gasteiger partial charge >= 0.3 is 0 Å². The molecule has 2 unspecified atom stereocenters. The van der Waals surface area contributed by atoms with Crippen LogP contribution in [0.1, 0.15) is 41.6 Å². The van der Waals surface area contributed by atoms with Gasteiger partial charge in [-0.1, -0.05) is 25.5 Å². The fourth-order valence-electron chi connectivity index (χ4n) is 2.50. The van der Waals surface area contributed by atoms with Crippen LogP contribution in [0.4, 0.5) is 0 Å². The highest BCUT2D eigenvalue weighted by Gasteiger charge is 2.20. The summed E-state index contributed by atoms with van der Waals surface area (Å²) in [5, 5.41) is 3.43. The van der Waals surface area contributed by atoms with Crippen LogP contribution < -0.4 is 11.1 Å². The molecule has 2 atom stereocenters. The molecule has 1 aromatic rings. The van der Waals surface area contributed by atoms with Crippen LogP contribution >= 0.6 is 0 Å². The lowest BCUT2D eigenvalue weighted by Gasteiger charge is -2.27. The number of aryl methyl sites for hydroxylation is 3. The molecule has 3 N–H and O–H groups in total. The third kappa shape index (κ3) is 3.08. The van der Waals surface area contributed by atoms with Crippen molar-refractivity contribution in [2.24, 2.45) is 11.7 Å². The average Bonchev–Trinajstić information content (AvgIpc) is 2.31. The van der Waals surface area contributed by atoms with Gasteiger partial charge in [0, 0.05) is 6.04 Å². The molecule has 17 heavy (non-hydrogen) atoms. The molecule has 0 amide bonds. The molecule has 0 aliphatic rings. The molecule has 0 aliphatic heterocycles. The average molecular weight is 234 g/mol. The first-order chi connectivity index (χ1) is 8.04. The van der Waals surface area contributed by atoms with Crippen LogP contribution in [-0.2, 0) is 0 Å². The van der Waals surface area contributed by atoms with Gasteiger partial charge in [-0.15, -0.1) is 0 Å². The van der Waals surface area contributed by atoms with Crippen molar-refractivity contribution in [3.8, 4) is 0 Å². The summed E-state index contributed by atoms with van der Waals surface area (Å²) < 4.78 is 0. The minimum atomic E-state index is 0.365. The highest BCUT2D eigenvalue weighted by atomic mass is 14.9. The van der Waals surface area contributed by atoms with E-state index in [9.17, 15) is 0 Å². The first kappa shape index (κ1) is 14.2. The van der Waals surface area contributed by atoms with Crippen LogP contribution in [-0.4, -0.2) is 13.6 Å². The van der Waals surface area contributed by atoms with Gasteiger partial charge in [0.15, 0.2) is 0 Å². The fourth-order valence-corrected chi connectivity index (χ4v) is 2.50. The van der Waals surface area contributed by atoms with E-state index >= 15 is 0 Å². The van der Waals surface area contributed by atoms with E-state index in [1.165, 1.54) is 22.3 Å². The topological polar surface area (TPSA) is 38.0 Å². The van der Waals surface area contributed by atoms with Gasteiger partial charge in [0.1, 0.15) is 0 Å². The van der Waals surface area contributed by atoms with Crippen molar-refractivity contribution in [3.05, 3.63) is 34.4 Å². The van der Waals surface area contributed by atoms with Crippen LogP contribution in [0, 0.1) is 26.7 Å². The summed E-state index contributed by atoms with van der Waals surface area (Å²) in [6, 6.07) is 4.95. The second-order valence-electron chi connectivity index (χ2n) is 4.96. The van der Waals surface area contributed by atoms with Crippen molar-refractivity contribution in [1.82, 2.24) is 5.32 Å². The van der Waals surface area contributed by atoms with Crippen LogP contribution in [0.15, 0.2) is 12.1 Å². The molecular weight excluding hydrogens is 208 g/mol. The molecule has 0 saturated carbocycles. The van der Waals surface area contributed by atoms with Gasteiger partial charge in [-0.2, -0.15) is 0 Å². The SMILES string of the molecule is CCC(CN)C(NC)c1cc(C)c(C)cc1C. The number of rotatable bonds is 5. The standard InChI is InChI=1S/C15H26N2/c1-6-13(9-16)15(17-5)14-8-11(3)10(2)7-12(14)4/h7-8,13,15,17H,6,9,16H2,1-5H3. The van der Waals surface area contributed by atoms with Crippen molar-refractivity contribution in [3.63, 3.8) is 0 Å². The maximum absolute atomic E-state index is 5.88. The zero-order valence-corrected chi connectivity index (χ0v) is 11.8. The minimum absolute atomic E-state index is 0.365. The smallest absolute Gasteiger partial charge is 0.0360 e. The minimum Gasteiger partial charge on any atom is -0.330 e. The van der Waals surface area contributed by atoms with E-state index < -0.39 is 0 Å². The lowest BCUT2D eigenvalue weighted by Crippen LogP contribution is -2.30. The molecule has 1 aromatic carbocycles. The van der Waals surface area contributed by atoms with E-state index in [0.29, 0.717) is 12.0 Å². The van der Waals surface area contributed by atoms with E-state index in [-0.39, 0.29) is 0 Å². The summed E-state index contributed by atoms with van der Waals surface area (Å²) in [5.74, 6) is 0.501. The molecule has 2 nitrogen and oxygen atoms in total. The van der Waals surface area contributed by atoms with Crippen molar-refractivity contribution in [2.45, 2.75) is 40.2 Å². The number of benzene rings is 1. The second-order valence-corrected chi connectivity index (χ2v) is 4.96. The van der Waals surface area contributed by atoms with Crippen LogP contribution in [0.2, 0.25) is 0 Å². The maximum atomic E-state index is 5.88. The Morgan fingerprint density at radius 2 is 1.71 bits per heavy atom. The van der Waals surface area contributed by atoms with Crippen molar-refractivity contribution >= 4 is 0 Å². The molecule has 0 heterocycles. The first-order valence-corrected chi connectivity index (χ1v) is 6.50. The Kier molecular flexibility index (Phi) is 5.16. The van der Waals surface area contributed by atoms with Gasteiger partial charge in [0.05, 0.1) is 0 Å². The van der Waals surface area contributed by atoms with Crippen LogP contribution in [0.25, 0.3) is 0 Å². The molecule has 96 valence electrons. The number of nitrogens with two attached hydrogens (primary N) is 1. The Morgan fingerprint density at radius 1 is 1.12 bits per heavy atom. The Labute approximate surface area is 106 Å². The van der Waals surface area contributed by atoms with Gasteiger partial charge in [-0.05, 0) is 62.5 Å². The summed E-state index contributed by atoms with van der Waals surface area (Å²) in [6.07, 6.45) is 1.11. The predicted molar refractivity (Wildman–Crippen MR) is 75.3 cm³/mol. The van der Waals surface area contributed by atoms with E-state index in [1.54, 1.807) is 0 Å². The normalized spacial score (nSPS) is 14.7. The molecule has 1 rings (SSSR count). The van der Waals surface area contributed by atoms with Gasteiger partial charge in [0.25, 0.3) is 0 Å². The van der Waals surface area contributed by atoms with Crippen molar-refractivity contribution in [1.29, 1.82) is 0 Å². The highest BCUT2D eigenvalue weighted by molar-refractivity contribution is 5.38. The monoisotopic (exact) mass is 234 g/mol. The molecule has 0 saturated heterocycles.